The van der Waals surface area contributed by atoms with Crippen molar-refractivity contribution < 1.29 is 13.2 Å². The van der Waals surface area contributed by atoms with E-state index in [9.17, 15) is 13.2 Å². The zero-order valence-electron chi connectivity index (χ0n) is 17.6. The molecule has 0 aliphatic rings. The molecule has 30 heavy (non-hydrogen) atoms. The lowest BCUT2D eigenvalue weighted by Crippen LogP contribution is -2.38. The van der Waals surface area contributed by atoms with E-state index < -0.39 is 15.9 Å². The van der Waals surface area contributed by atoms with E-state index in [2.05, 4.69) is 5.32 Å². The van der Waals surface area contributed by atoms with Crippen molar-refractivity contribution in [1.82, 2.24) is 0 Å². The van der Waals surface area contributed by atoms with Gasteiger partial charge in [-0.3, -0.25) is 9.10 Å². The minimum atomic E-state index is -3.92. The van der Waals surface area contributed by atoms with E-state index in [0.29, 0.717) is 11.4 Å². The Bertz CT molecular complexity index is 1150. The Morgan fingerprint density at radius 2 is 1.47 bits per heavy atom. The Balaban J connectivity index is 1.99. The zero-order chi connectivity index (χ0) is 21.9. The van der Waals surface area contributed by atoms with Crippen molar-refractivity contribution >= 4 is 27.3 Å². The van der Waals surface area contributed by atoms with Crippen LogP contribution in [0.2, 0.25) is 0 Å². The maximum Gasteiger partial charge on any atom is 0.264 e. The predicted molar refractivity (Wildman–Crippen MR) is 121 cm³/mol. The van der Waals surface area contributed by atoms with Gasteiger partial charge in [0.1, 0.15) is 6.54 Å². The minimum Gasteiger partial charge on any atom is -0.324 e. The van der Waals surface area contributed by atoms with Crippen molar-refractivity contribution in [2.45, 2.75) is 32.6 Å². The average molecular weight is 423 g/mol. The van der Waals surface area contributed by atoms with Crippen molar-refractivity contribution in [3.63, 3.8) is 0 Å². The van der Waals surface area contributed by atoms with E-state index in [0.717, 1.165) is 22.3 Å². The standard InChI is InChI=1S/C24H26N2O3S/c1-17-10-11-20(4)23(15-17)26(30(28,29)22-8-6-5-7-9-22)16-24(27)25-21-13-18(2)12-19(3)14-21/h5-15H,16H2,1-4H3,(H,25,27). The topological polar surface area (TPSA) is 66.5 Å². The molecule has 0 fully saturated rings. The van der Waals surface area contributed by atoms with Gasteiger partial charge in [-0.25, -0.2) is 8.42 Å². The second-order valence-electron chi connectivity index (χ2n) is 7.54. The van der Waals surface area contributed by atoms with Gasteiger partial charge in [0.15, 0.2) is 0 Å². The summed E-state index contributed by atoms with van der Waals surface area (Å²) in [5.74, 6) is -0.402. The molecule has 5 nitrogen and oxygen atoms in total. The molecule has 0 aliphatic carbocycles. The van der Waals surface area contributed by atoms with Crippen LogP contribution in [0, 0.1) is 27.7 Å². The summed E-state index contributed by atoms with van der Waals surface area (Å²) in [6.45, 7) is 7.31. The van der Waals surface area contributed by atoms with Gasteiger partial charge in [0.2, 0.25) is 5.91 Å². The molecule has 0 aliphatic heterocycles. The minimum absolute atomic E-state index is 0.144. The highest BCUT2D eigenvalue weighted by atomic mass is 32.2. The summed E-state index contributed by atoms with van der Waals surface area (Å²) in [6.07, 6.45) is 0. The highest BCUT2D eigenvalue weighted by Gasteiger charge is 2.28. The van der Waals surface area contributed by atoms with E-state index >= 15 is 0 Å². The van der Waals surface area contributed by atoms with Crippen LogP contribution >= 0.6 is 0 Å². The fourth-order valence-corrected chi connectivity index (χ4v) is 4.88. The summed E-state index contributed by atoms with van der Waals surface area (Å²) in [5, 5.41) is 2.84. The number of aryl methyl sites for hydroxylation is 4. The molecule has 0 saturated heterocycles. The number of carbonyl (C=O) groups is 1. The summed E-state index contributed by atoms with van der Waals surface area (Å²) >= 11 is 0. The molecule has 156 valence electrons. The van der Waals surface area contributed by atoms with Crippen molar-refractivity contribution in [3.05, 3.63) is 89.0 Å². The number of anilines is 2. The molecular weight excluding hydrogens is 396 g/mol. The molecule has 3 aromatic rings. The van der Waals surface area contributed by atoms with Gasteiger partial charge in [0.25, 0.3) is 10.0 Å². The molecule has 0 heterocycles. The molecule has 0 radical (unpaired) electrons. The Morgan fingerprint density at radius 3 is 2.10 bits per heavy atom. The molecule has 1 N–H and O–H groups in total. The molecule has 3 rings (SSSR count). The first-order valence-electron chi connectivity index (χ1n) is 9.70. The Labute approximate surface area is 178 Å². The third-order valence-corrected chi connectivity index (χ3v) is 6.53. The Kier molecular flexibility index (Phi) is 6.27. The predicted octanol–water partition coefficient (Wildman–Crippen LogP) is 4.75. The molecule has 1 amide bonds. The van der Waals surface area contributed by atoms with Crippen molar-refractivity contribution in [2.24, 2.45) is 0 Å². The quantitative estimate of drug-likeness (QED) is 0.623. The van der Waals surface area contributed by atoms with Crippen LogP contribution < -0.4 is 9.62 Å². The first-order chi connectivity index (χ1) is 14.2. The number of hydrogen-bond acceptors (Lipinski definition) is 3. The lowest BCUT2D eigenvalue weighted by atomic mass is 10.1. The summed E-state index contributed by atoms with van der Waals surface area (Å²) in [7, 11) is -3.92. The molecule has 6 heteroatoms. The van der Waals surface area contributed by atoms with E-state index in [1.807, 2.05) is 58.0 Å². The van der Waals surface area contributed by atoms with Crippen LogP contribution in [0.1, 0.15) is 22.3 Å². The maximum absolute atomic E-state index is 13.4. The third-order valence-electron chi connectivity index (χ3n) is 4.76. The number of amides is 1. The highest BCUT2D eigenvalue weighted by molar-refractivity contribution is 7.92. The van der Waals surface area contributed by atoms with Crippen LogP contribution in [0.3, 0.4) is 0 Å². The molecule has 0 atom stereocenters. The largest absolute Gasteiger partial charge is 0.324 e. The van der Waals surface area contributed by atoms with Crippen LogP contribution in [0.15, 0.2) is 71.6 Å². The molecule has 0 saturated carbocycles. The first kappa shape index (κ1) is 21.6. The molecule has 0 bridgehead atoms. The van der Waals surface area contributed by atoms with Gasteiger partial charge in [-0.1, -0.05) is 36.4 Å². The number of sulfonamides is 1. The number of hydrogen-bond donors (Lipinski definition) is 1. The monoisotopic (exact) mass is 422 g/mol. The molecule has 0 aromatic heterocycles. The van der Waals surface area contributed by atoms with Gasteiger partial charge in [0, 0.05) is 5.69 Å². The lowest BCUT2D eigenvalue weighted by molar-refractivity contribution is -0.114. The Morgan fingerprint density at radius 1 is 0.833 bits per heavy atom. The normalized spacial score (nSPS) is 11.2. The smallest absolute Gasteiger partial charge is 0.264 e. The molecule has 0 unspecified atom stereocenters. The fraction of sp³-hybridized carbons (Fsp3) is 0.208. The highest BCUT2D eigenvalue weighted by Crippen LogP contribution is 2.28. The van der Waals surface area contributed by atoms with Gasteiger partial charge in [-0.2, -0.15) is 0 Å². The van der Waals surface area contributed by atoms with Gasteiger partial charge >= 0.3 is 0 Å². The summed E-state index contributed by atoms with van der Waals surface area (Å²) in [6, 6.07) is 19.5. The number of rotatable bonds is 6. The number of nitrogens with zero attached hydrogens (tertiary/aromatic N) is 1. The zero-order valence-corrected chi connectivity index (χ0v) is 18.5. The van der Waals surface area contributed by atoms with E-state index in [1.54, 1.807) is 24.3 Å². The van der Waals surface area contributed by atoms with E-state index in [4.69, 9.17) is 0 Å². The van der Waals surface area contributed by atoms with Crippen LogP contribution in [-0.2, 0) is 14.8 Å². The van der Waals surface area contributed by atoms with Crippen molar-refractivity contribution in [1.29, 1.82) is 0 Å². The number of benzene rings is 3. The van der Waals surface area contributed by atoms with Gasteiger partial charge < -0.3 is 5.32 Å². The van der Waals surface area contributed by atoms with Crippen LogP contribution in [0.4, 0.5) is 11.4 Å². The van der Waals surface area contributed by atoms with Gasteiger partial charge in [-0.05, 0) is 80.3 Å². The van der Waals surface area contributed by atoms with Crippen LogP contribution in [-0.4, -0.2) is 20.9 Å². The van der Waals surface area contributed by atoms with Gasteiger partial charge in [-0.15, -0.1) is 0 Å². The van der Waals surface area contributed by atoms with Crippen molar-refractivity contribution in [3.8, 4) is 0 Å². The SMILES string of the molecule is Cc1cc(C)cc(NC(=O)CN(c2cc(C)ccc2C)S(=O)(=O)c2ccccc2)c1. The lowest BCUT2D eigenvalue weighted by Gasteiger charge is -2.26. The molecule has 3 aromatic carbocycles. The second-order valence-corrected chi connectivity index (χ2v) is 9.40. The summed E-state index contributed by atoms with van der Waals surface area (Å²) in [5.41, 5.74) is 4.88. The fourth-order valence-electron chi connectivity index (χ4n) is 3.39. The number of nitrogens with one attached hydrogen (secondary N) is 1. The Hall–Kier alpha value is -3.12. The molecular formula is C24H26N2O3S. The summed E-state index contributed by atoms with van der Waals surface area (Å²) < 4.78 is 28.1. The molecule has 0 spiro atoms. The van der Waals surface area contributed by atoms with E-state index in [1.165, 1.54) is 16.4 Å². The van der Waals surface area contributed by atoms with E-state index in [-0.39, 0.29) is 11.4 Å². The summed E-state index contributed by atoms with van der Waals surface area (Å²) in [4.78, 5) is 13.0. The average Bonchev–Trinajstić information content (AvgIpc) is 2.68. The second kappa shape index (κ2) is 8.71. The van der Waals surface area contributed by atoms with Crippen molar-refractivity contribution in [2.75, 3.05) is 16.2 Å². The van der Waals surface area contributed by atoms with Gasteiger partial charge in [0.05, 0.1) is 10.6 Å². The first-order valence-corrected chi connectivity index (χ1v) is 11.1. The van der Waals surface area contributed by atoms with Crippen LogP contribution in [0.25, 0.3) is 0 Å². The third kappa shape index (κ3) is 4.89. The number of carbonyl (C=O) groups excluding carboxylic acids is 1. The maximum atomic E-state index is 13.4. The van der Waals surface area contributed by atoms with Crippen LogP contribution in [0.5, 0.6) is 0 Å².